The van der Waals surface area contributed by atoms with Gasteiger partial charge in [-0.1, -0.05) is 0 Å². The van der Waals surface area contributed by atoms with E-state index in [1.165, 1.54) is 0 Å². The molecule has 0 radical (unpaired) electrons. The highest BCUT2D eigenvalue weighted by Gasteiger charge is 2.37. The lowest BCUT2D eigenvalue weighted by atomic mass is 10.0. The molecule has 1 atom stereocenters. The van der Waals surface area contributed by atoms with Gasteiger partial charge in [0.1, 0.15) is 5.60 Å². The second kappa shape index (κ2) is 5.59. The molecule has 1 aromatic rings. The van der Waals surface area contributed by atoms with Crippen LogP contribution in [0.25, 0.3) is 0 Å². The molecule has 0 amide bonds. The Morgan fingerprint density at radius 1 is 1.32 bits per heavy atom. The van der Waals surface area contributed by atoms with E-state index >= 15 is 0 Å². The average Bonchev–Trinajstić information content (AvgIpc) is 2.93. The molecule has 5 heteroatoms. The first kappa shape index (κ1) is 14.5. The maximum Gasteiger partial charge on any atom is 0.247 e. The van der Waals surface area contributed by atoms with E-state index in [0.29, 0.717) is 11.8 Å². The number of hydrogen-bond donors (Lipinski definition) is 1. The maximum absolute atomic E-state index is 5.73. The summed E-state index contributed by atoms with van der Waals surface area (Å²) in [5.41, 5.74) is -0.208. The zero-order valence-electron chi connectivity index (χ0n) is 12.5. The molecule has 0 saturated carbocycles. The summed E-state index contributed by atoms with van der Waals surface area (Å²) in [6.07, 6.45) is 3.83. The van der Waals surface area contributed by atoms with Gasteiger partial charge in [-0.25, -0.2) is 0 Å². The van der Waals surface area contributed by atoms with Gasteiger partial charge in [0.25, 0.3) is 0 Å². The summed E-state index contributed by atoms with van der Waals surface area (Å²) in [5, 5.41) is 11.7. The molecule has 0 bridgehead atoms. The minimum atomic E-state index is -0.366. The van der Waals surface area contributed by atoms with Gasteiger partial charge in [-0.2, -0.15) is 0 Å². The fourth-order valence-electron chi connectivity index (χ4n) is 2.22. The van der Waals surface area contributed by atoms with Crippen LogP contribution in [-0.2, 0) is 16.8 Å². The highest BCUT2D eigenvalue weighted by Crippen LogP contribution is 2.34. The van der Waals surface area contributed by atoms with E-state index in [1.807, 2.05) is 6.92 Å². The third-order valence-corrected chi connectivity index (χ3v) is 3.36. The van der Waals surface area contributed by atoms with Crippen LogP contribution in [0.2, 0.25) is 0 Å². The van der Waals surface area contributed by atoms with Crippen molar-refractivity contribution >= 4 is 0 Å². The molecule has 1 saturated heterocycles. The molecule has 0 aliphatic carbocycles. The summed E-state index contributed by atoms with van der Waals surface area (Å²) in [4.78, 5) is 0. The molecule has 19 heavy (non-hydrogen) atoms. The highest BCUT2D eigenvalue weighted by molar-refractivity contribution is 4.98. The zero-order valence-corrected chi connectivity index (χ0v) is 12.5. The first-order valence-electron chi connectivity index (χ1n) is 7.11. The summed E-state index contributed by atoms with van der Waals surface area (Å²) in [5.74, 6) is 1.34. The van der Waals surface area contributed by atoms with Gasteiger partial charge in [0.2, 0.25) is 11.8 Å². The van der Waals surface area contributed by atoms with Gasteiger partial charge < -0.3 is 14.5 Å². The topological polar surface area (TPSA) is 60.2 Å². The van der Waals surface area contributed by atoms with Gasteiger partial charge in [0, 0.05) is 18.6 Å². The number of nitrogens with zero attached hydrogens (tertiary/aromatic N) is 2. The Labute approximate surface area is 115 Å². The Kier molecular flexibility index (Phi) is 4.26. The molecule has 108 valence electrons. The molecule has 1 aliphatic heterocycles. The van der Waals surface area contributed by atoms with Crippen molar-refractivity contribution in [3.05, 3.63) is 11.8 Å². The first-order valence-corrected chi connectivity index (χ1v) is 7.11. The number of nitrogens with one attached hydrogen (secondary N) is 1. The molecule has 1 N–H and O–H groups in total. The van der Waals surface area contributed by atoms with Crippen LogP contribution in [0.5, 0.6) is 0 Å². The third-order valence-electron chi connectivity index (χ3n) is 3.36. The molecular formula is C14H25N3O2. The van der Waals surface area contributed by atoms with Gasteiger partial charge in [0.05, 0.1) is 0 Å². The van der Waals surface area contributed by atoms with E-state index in [4.69, 9.17) is 9.15 Å². The lowest BCUT2D eigenvalue weighted by Gasteiger charge is -2.20. The number of rotatable bonds is 5. The SMILES string of the molecule is CC(C)(C)NCCCc1nnc(C2(C)CCCO2)o1. The number of hydrogen-bond acceptors (Lipinski definition) is 5. The summed E-state index contributed by atoms with van der Waals surface area (Å²) < 4.78 is 11.4. The van der Waals surface area contributed by atoms with E-state index < -0.39 is 0 Å². The molecule has 2 rings (SSSR count). The quantitative estimate of drug-likeness (QED) is 0.830. The molecule has 1 aliphatic rings. The fourth-order valence-corrected chi connectivity index (χ4v) is 2.22. The van der Waals surface area contributed by atoms with Gasteiger partial charge >= 0.3 is 0 Å². The van der Waals surface area contributed by atoms with Crippen molar-refractivity contribution < 1.29 is 9.15 Å². The molecule has 0 spiro atoms. The van der Waals surface area contributed by atoms with E-state index in [-0.39, 0.29) is 11.1 Å². The van der Waals surface area contributed by atoms with Crippen LogP contribution in [0.3, 0.4) is 0 Å². The van der Waals surface area contributed by atoms with E-state index in [1.54, 1.807) is 0 Å². The van der Waals surface area contributed by atoms with Crippen LogP contribution in [0, 0.1) is 0 Å². The average molecular weight is 267 g/mol. The van der Waals surface area contributed by atoms with Gasteiger partial charge in [0.15, 0.2) is 0 Å². The summed E-state index contributed by atoms with van der Waals surface area (Å²) >= 11 is 0. The van der Waals surface area contributed by atoms with Gasteiger partial charge in [-0.05, 0) is 53.5 Å². The lowest BCUT2D eigenvalue weighted by molar-refractivity contribution is -0.00614. The van der Waals surface area contributed by atoms with Crippen molar-refractivity contribution in [3.8, 4) is 0 Å². The normalized spacial score (nSPS) is 24.0. The van der Waals surface area contributed by atoms with Crippen molar-refractivity contribution in [1.82, 2.24) is 15.5 Å². The summed E-state index contributed by atoms with van der Waals surface area (Å²) in [6, 6.07) is 0. The fraction of sp³-hybridized carbons (Fsp3) is 0.857. The van der Waals surface area contributed by atoms with Crippen LogP contribution < -0.4 is 5.32 Å². The van der Waals surface area contributed by atoms with Crippen molar-refractivity contribution in [2.45, 2.75) is 64.5 Å². The van der Waals surface area contributed by atoms with Crippen molar-refractivity contribution in [2.24, 2.45) is 0 Å². The van der Waals surface area contributed by atoms with Gasteiger partial charge in [-0.15, -0.1) is 10.2 Å². The Morgan fingerprint density at radius 3 is 2.74 bits per heavy atom. The van der Waals surface area contributed by atoms with Crippen LogP contribution in [0.15, 0.2) is 4.42 Å². The van der Waals surface area contributed by atoms with Crippen molar-refractivity contribution in [3.63, 3.8) is 0 Å². The second-order valence-corrected chi connectivity index (χ2v) is 6.46. The maximum atomic E-state index is 5.73. The van der Waals surface area contributed by atoms with Gasteiger partial charge in [-0.3, -0.25) is 0 Å². The van der Waals surface area contributed by atoms with E-state index in [9.17, 15) is 0 Å². The second-order valence-electron chi connectivity index (χ2n) is 6.46. The third kappa shape index (κ3) is 4.01. The smallest absolute Gasteiger partial charge is 0.247 e. The van der Waals surface area contributed by atoms with Crippen LogP contribution in [0.1, 0.15) is 58.7 Å². The highest BCUT2D eigenvalue weighted by atomic mass is 16.5. The van der Waals surface area contributed by atoms with Crippen LogP contribution in [0.4, 0.5) is 0 Å². The van der Waals surface area contributed by atoms with Crippen molar-refractivity contribution in [2.75, 3.05) is 13.2 Å². The molecule has 0 aromatic carbocycles. The Bertz CT molecular complexity index is 403. The number of aromatic nitrogens is 2. The lowest BCUT2D eigenvalue weighted by Crippen LogP contribution is -2.36. The van der Waals surface area contributed by atoms with Crippen LogP contribution >= 0.6 is 0 Å². The monoisotopic (exact) mass is 267 g/mol. The van der Waals surface area contributed by atoms with E-state index in [0.717, 1.165) is 38.8 Å². The Hall–Kier alpha value is -0.940. The minimum Gasteiger partial charge on any atom is -0.422 e. The largest absolute Gasteiger partial charge is 0.422 e. The van der Waals surface area contributed by atoms with Crippen molar-refractivity contribution in [1.29, 1.82) is 0 Å². The summed E-state index contributed by atoms with van der Waals surface area (Å²) in [6.45, 7) is 10.2. The van der Waals surface area contributed by atoms with E-state index in [2.05, 4.69) is 36.3 Å². The molecule has 1 unspecified atom stereocenters. The summed E-state index contributed by atoms with van der Waals surface area (Å²) in [7, 11) is 0. The Morgan fingerprint density at radius 2 is 2.11 bits per heavy atom. The molecule has 1 fully saturated rings. The predicted octanol–water partition coefficient (Wildman–Crippen LogP) is 2.42. The Balaban J connectivity index is 1.81. The standard InChI is InChI=1S/C14H25N3O2/c1-13(2,3)15-9-5-7-11-16-17-12(19-11)14(4)8-6-10-18-14/h15H,5-10H2,1-4H3. The predicted molar refractivity (Wildman–Crippen MR) is 72.9 cm³/mol. The first-order chi connectivity index (χ1) is 8.89. The zero-order chi connectivity index (χ0) is 13.9. The minimum absolute atomic E-state index is 0.158. The molecule has 1 aromatic heterocycles. The number of ether oxygens (including phenoxy) is 1. The molecule has 5 nitrogen and oxygen atoms in total. The number of aryl methyl sites for hydroxylation is 1. The van der Waals surface area contributed by atoms with Crippen LogP contribution in [-0.4, -0.2) is 28.9 Å². The molecule has 2 heterocycles. The molecular weight excluding hydrogens is 242 g/mol.